The maximum atomic E-state index is 13.5. The fourth-order valence-electron chi connectivity index (χ4n) is 1.86. The number of hydrogen-bond donors (Lipinski definition) is 2. The average Bonchev–Trinajstić information content (AvgIpc) is 2.51. The minimum absolute atomic E-state index is 0.426. The predicted molar refractivity (Wildman–Crippen MR) is 84.2 cm³/mol. The van der Waals surface area contributed by atoms with Crippen molar-refractivity contribution in [3.63, 3.8) is 0 Å². The Balaban J connectivity index is 2.08. The molecule has 0 radical (unpaired) electrons. The van der Waals surface area contributed by atoms with Gasteiger partial charge in [-0.1, -0.05) is 17.7 Å². The van der Waals surface area contributed by atoms with Crippen LogP contribution in [-0.4, -0.2) is 11.9 Å². The fraction of sp³-hybridized carbons (Fsp3) is 0.188. The van der Waals surface area contributed by atoms with Gasteiger partial charge in [0.15, 0.2) is 17.5 Å². The molecule has 0 heterocycles. The number of rotatable bonds is 4. The first-order valence-corrected chi connectivity index (χ1v) is 7.14. The normalized spacial score (nSPS) is 11.9. The van der Waals surface area contributed by atoms with E-state index in [1.54, 1.807) is 25.1 Å². The lowest BCUT2D eigenvalue weighted by Crippen LogP contribution is -2.32. The molecular formula is C16H14ClF3N2O. The summed E-state index contributed by atoms with van der Waals surface area (Å²) in [6.45, 7) is 3.38. The summed E-state index contributed by atoms with van der Waals surface area (Å²) in [6.07, 6.45) is 0. The minimum Gasteiger partial charge on any atom is -0.374 e. The molecule has 0 unspecified atom stereocenters. The minimum atomic E-state index is -1.63. The molecule has 7 heteroatoms. The largest absolute Gasteiger partial charge is 0.374 e. The zero-order valence-electron chi connectivity index (χ0n) is 12.4. The lowest BCUT2D eigenvalue weighted by molar-refractivity contribution is -0.116. The predicted octanol–water partition coefficient (Wildman–Crippen LogP) is 4.50. The van der Waals surface area contributed by atoms with Crippen molar-refractivity contribution in [3.05, 3.63) is 58.4 Å². The molecule has 23 heavy (non-hydrogen) atoms. The Morgan fingerprint density at radius 3 is 2.48 bits per heavy atom. The van der Waals surface area contributed by atoms with Crippen LogP contribution in [0.15, 0.2) is 30.3 Å². The molecule has 1 amide bonds. The van der Waals surface area contributed by atoms with Crippen LogP contribution < -0.4 is 10.6 Å². The third-order valence-corrected chi connectivity index (χ3v) is 3.65. The Bertz CT molecular complexity index is 752. The van der Waals surface area contributed by atoms with Crippen LogP contribution in [0.3, 0.4) is 0 Å². The Kier molecular flexibility index (Phi) is 5.15. The number of carbonyl (C=O) groups is 1. The zero-order chi connectivity index (χ0) is 17.1. The molecule has 2 rings (SSSR count). The molecule has 0 bridgehead atoms. The highest BCUT2D eigenvalue weighted by Gasteiger charge is 2.18. The van der Waals surface area contributed by atoms with E-state index in [0.717, 1.165) is 17.7 Å². The van der Waals surface area contributed by atoms with Crippen molar-refractivity contribution < 1.29 is 18.0 Å². The highest BCUT2D eigenvalue weighted by atomic mass is 35.5. The molecule has 122 valence electrons. The number of nitrogens with one attached hydrogen (secondary N) is 2. The van der Waals surface area contributed by atoms with Gasteiger partial charge in [0.1, 0.15) is 6.04 Å². The molecular weight excluding hydrogens is 329 g/mol. The third-order valence-electron chi connectivity index (χ3n) is 3.24. The molecule has 0 aliphatic carbocycles. The van der Waals surface area contributed by atoms with Crippen molar-refractivity contribution in [2.45, 2.75) is 19.9 Å². The van der Waals surface area contributed by atoms with Crippen molar-refractivity contribution in [2.75, 3.05) is 10.6 Å². The number of hydrogen-bond acceptors (Lipinski definition) is 2. The highest BCUT2D eigenvalue weighted by Crippen LogP contribution is 2.22. The molecule has 2 aromatic carbocycles. The molecule has 0 aliphatic heterocycles. The van der Waals surface area contributed by atoms with Gasteiger partial charge >= 0.3 is 0 Å². The molecule has 3 nitrogen and oxygen atoms in total. The summed E-state index contributed by atoms with van der Waals surface area (Å²) < 4.78 is 39.5. The molecule has 2 N–H and O–H groups in total. The van der Waals surface area contributed by atoms with Gasteiger partial charge in [0, 0.05) is 10.7 Å². The number of amides is 1. The topological polar surface area (TPSA) is 41.1 Å². The highest BCUT2D eigenvalue weighted by molar-refractivity contribution is 6.31. The maximum Gasteiger partial charge on any atom is 0.246 e. The van der Waals surface area contributed by atoms with Gasteiger partial charge in [-0.15, -0.1) is 0 Å². The smallest absolute Gasteiger partial charge is 0.246 e. The average molecular weight is 343 g/mol. The van der Waals surface area contributed by atoms with Crippen molar-refractivity contribution >= 4 is 28.9 Å². The first kappa shape index (κ1) is 17.1. The second-order valence-corrected chi connectivity index (χ2v) is 5.45. The van der Waals surface area contributed by atoms with Crippen molar-refractivity contribution in [1.29, 1.82) is 0 Å². The Hall–Kier alpha value is -2.21. The summed E-state index contributed by atoms with van der Waals surface area (Å²) in [5.74, 6) is -5.00. The summed E-state index contributed by atoms with van der Waals surface area (Å²) in [5.41, 5.74) is 1.07. The number of halogens is 4. The summed E-state index contributed by atoms with van der Waals surface area (Å²) >= 11 is 5.99. The number of anilines is 2. The van der Waals surface area contributed by atoms with E-state index in [0.29, 0.717) is 10.7 Å². The second-order valence-electron chi connectivity index (χ2n) is 5.04. The Morgan fingerprint density at radius 1 is 1.13 bits per heavy atom. The van der Waals surface area contributed by atoms with E-state index in [1.807, 2.05) is 6.92 Å². The monoisotopic (exact) mass is 342 g/mol. The molecule has 0 fully saturated rings. The van der Waals surface area contributed by atoms with Crippen molar-refractivity contribution in [1.82, 2.24) is 0 Å². The van der Waals surface area contributed by atoms with E-state index in [1.165, 1.54) is 0 Å². The van der Waals surface area contributed by atoms with Crippen LogP contribution in [0.2, 0.25) is 5.02 Å². The van der Waals surface area contributed by atoms with Crippen LogP contribution in [0, 0.1) is 24.4 Å². The first-order chi connectivity index (χ1) is 10.8. The van der Waals surface area contributed by atoms with E-state index in [9.17, 15) is 18.0 Å². The van der Waals surface area contributed by atoms with Gasteiger partial charge in [0.2, 0.25) is 5.91 Å². The molecule has 1 atom stereocenters. The van der Waals surface area contributed by atoms with E-state index in [-0.39, 0.29) is 0 Å². The Labute approximate surface area is 136 Å². The molecule has 0 spiro atoms. The third kappa shape index (κ3) is 3.96. The zero-order valence-corrected chi connectivity index (χ0v) is 13.1. The van der Waals surface area contributed by atoms with Gasteiger partial charge in [-0.05, 0) is 43.7 Å². The van der Waals surface area contributed by atoms with E-state index >= 15 is 0 Å². The molecule has 0 saturated carbocycles. The van der Waals surface area contributed by atoms with E-state index < -0.39 is 35.1 Å². The van der Waals surface area contributed by atoms with E-state index in [4.69, 9.17) is 11.6 Å². The molecule has 0 aromatic heterocycles. The van der Waals surface area contributed by atoms with Crippen molar-refractivity contribution in [3.8, 4) is 0 Å². The lowest BCUT2D eigenvalue weighted by Gasteiger charge is -2.16. The number of carbonyl (C=O) groups excluding carboxylic acids is 1. The van der Waals surface area contributed by atoms with E-state index in [2.05, 4.69) is 10.6 Å². The summed E-state index contributed by atoms with van der Waals surface area (Å²) in [7, 11) is 0. The second kappa shape index (κ2) is 6.91. The number of benzene rings is 2. The lowest BCUT2D eigenvalue weighted by atomic mass is 10.2. The first-order valence-electron chi connectivity index (χ1n) is 6.76. The fourth-order valence-corrected chi connectivity index (χ4v) is 2.04. The van der Waals surface area contributed by atoms with Crippen molar-refractivity contribution in [2.24, 2.45) is 0 Å². The summed E-state index contributed by atoms with van der Waals surface area (Å²) in [4.78, 5) is 12.0. The van der Waals surface area contributed by atoms with Gasteiger partial charge in [0.05, 0.1) is 5.69 Å². The quantitative estimate of drug-likeness (QED) is 0.803. The van der Waals surface area contributed by atoms with Crippen LogP contribution in [0.5, 0.6) is 0 Å². The maximum absolute atomic E-state index is 13.5. The van der Waals surface area contributed by atoms with Gasteiger partial charge < -0.3 is 10.6 Å². The molecule has 0 aliphatic rings. The van der Waals surface area contributed by atoms with Gasteiger partial charge in [-0.25, -0.2) is 13.2 Å². The molecule has 2 aromatic rings. The van der Waals surface area contributed by atoms with Gasteiger partial charge in [-0.2, -0.15) is 0 Å². The van der Waals surface area contributed by atoms with Crippen LogP contribution >= 0.6 is 11.6 Å². The van der Waals surface area contributed by atoms with Gasteiger partial charge in [-0.3, -0.25) is 4.79 Å². The summed E-state index contributed by atoms with van der Waals surface area (Å²) in [5, 5.41) is 5.63. The SMILES string of the molecule is Cc1ccc(N[C@H](C)C(=O)Nc2ccc(F)c(F)c2F)cc1Cl. The standard InChI is InChI=1S/C16H14ClF3N2O/c1-8-3-4-10(7-11(8)17)21-9(2)16(23)22-13-6-5-12(18)14(19)15(13)20/h3-7,9,21H,1-2H3,(H,22,23)/t9-/m1/s1. The van der Waals surface area contributed by atoms with Crippen LogP contribution in [0.4, 0.5) is 24.5 Å². The number of aryl methyl sites for hydroxylation is 1. The van der Waals surface area contributed by atoms with Crippen LogP contribution in [0.25, 0.3) is 0 Å². The van der Waals surface area contributed by atoms with Crippen LogP contribution in [0.1, 0.15) is 12.5 Å². The Morgan fingerprint density at radius 2 is 1.83 bits per heavy atom. The summed E-state index contributed by atoms with van der Waals surface area (Å²) in [6, 6.07) is 6.13. The molecule has 0 saturated heterocycles. The van der Waals surface area contributed by atoms with Gasteiger partial charge in [0.25, 0.3) is 0 Å². The van der Waals surface area contributed by atoms with Crippen LogP contribution in [-0.2, 0) is 4.79 Å².